The molecule has 2 heteroatoms. The summed E-state index contributed by atoms with van der Waals surface area (Å²) in [5.74, 6) is 0. The van der Waals surface area contributed by atoms with E-state index in [2.05, 4.69) is 133 Å². The molecule has 0 bridgehead atoms. The Morgan fingerprint density at radius 1 is 0.385 bits per heavy atom. The van der Waals surface area contributed by atoms with Gasteiger partial charge >= 0.3 is 0 Å². The SMILES string of the molecule is N#Cc1c(-c2ccccc2)cc([Si](c2ccccc2)(c2ccccc2)c2ccccc2)cc1-c1ccccc1. The van der Waals surface area contributed by atoms with Crippen molar-refractivity contribution < 1.29 is 0 Å². The van der Waals surface area contributed by atoms with E-state index in [-0.39, 0.29) is 0 Å². The van der Waals surface area contributed by atoms with Gasteiger partial charge in [0.2, 0.25) is 0 Å². The molecular weight excluding hydrogens is 487 g/mol. The lowest BCUT2D eigenvalue weighted by Crippen LogP contribution is -2.74. The van der Waals surface area contributed by atoms with Crippen LogP contribution in [0, 0.1) is 11.3 Å². The summed E-state index contributed by atoms with van der Waals surface area (Å²) in [5.41, 5.74) is 4.73. The van der Waals surface area contributed by atoms with Crippen LogP contribution in [0.4, 0.5) is 0 Å². The first-order valence-corrected chi connectivity index (χ1v) is 15.2. The van der Waals surface area contributed by atoms with E-state index < -0.39 is 8.07 Å². The average molecular weight is 514 g/mol. The van der Waals surface area contributed by atoms with Gasteiger partial charge in [-0.25, -0.2) is 0 Å². The molecule has 6 aromatic carbocycles. The lowest BCUT2D eigenvalue weighted by molar-refractivity contribution is 1.47. The van der Waals surface area contributed by atoms with E-state index in [1.54, 1.807) is 0 Å². The third-order valence-corrected chi connectivity index (χ3v) is 12.2. The Bertz CT molecular complexity index is 1570. The summed E-state index contributed by atoms with van der Waals surface area (Å²) < 4.78 is 0. The minimum Gasteiger partial charge on any atom is -0.192 e. The molecule has 0 saturated heterocycles. The highest BCUT2D eigenvalue weighted by Crippen LogP contribution is 2.32. The predicted molar refractivity (Wildman–Crippen MR) is 166 cm³/mol. The van der Waals surface area contributed by atoms with E-state index >= 15 is 0 Å². The van der Waals surface area contributed by atoms with Gasteiger partial charge < -0.3 is 0 Å². The smallest absolute Gasteiger partial charge is 0.179 e. The van der Waals surface area contributed by atoms with Crippen LogP contribution in [0.2, 0.25) is 0 Å². The fraction of sp³-hybridized carbons (Fsp3) is 0. The van der Waals surface area contributed by atoms with Crippen molar-refractivity contribution in [1.82, 2.24) is 0 Å². The summed E-state index contributed by atoms with van der Waals surface area (Å²) in [6.45, 7) is 0. The van der Waals surface area contributed by atoms with Crippen molar-refractivity contribution in [2.75, 3.05) is 0 Å². The number of hydrogen-bond acceptors (Lipinski definition) is 1. The molecule has 184 valence electrons. The van der Waals surface area contributed by atoms with E-state index in [4.69, 9.17) is 0 Å². The van der Waals surface area contributed by atoms with Crippen molar-refractivity contribution in [3.63, 3.8) is 0 Å². The molecule has 39 heavy (non-hydrogen) atoms. The largest absolute Gasteiger partial charge is 0.192 e. The maximum absolute atomic E-state index is 10.5. The van der Waals surface area contributed by atoms with Gasteiger partial charge in [0.15, 0.2) is 8.07 Å². The molecule has 0 N–H and O–H groups in total. The molecule has 1 nitrogen and oxygen atoms in total. The zero-order valence-electron chi connectivity index (χ0n) is 21.5. The second-order valence-corrected chi connectivity index (χ2v) is 13.4. The van der Waals surface area contributed by atoms with Gasteiger partial charge in [0.05, 0.1) is 5.56 Å². The fourth-order valence-corrected chi connectivity index (χ4v) is 10.5. The van der Waals surface area contributed by atoms with E-state index in [9.17, 15) is 5.26 Å². The molecule has 0 atom stereocenters. The first kappa shape index (κ1) is 24.4. The Hall–Kier alpha value is -4.97. The van der Waals surface area contributed by atoms with E-state index in [0.29, 0.717) is 5.56 Å². The summed E-state index contributed by atoms with van der Waals surface area (Å²) in [6, 6.07) is 60.5. The number of nitrogens with zero attached hydrogens (tertiary/aromatic N) is 1. The number of benzene rings is 6. The Morgan fingerprint density at radius 2 is 0.692 bits per heavy atom. The third-order valence-electron chi connectivity index (χ3n) is 7.47. The van der Waals surface area contributed by atoms with Crippen LogP contribution in [0.1, 0.15) is 5.56 Å². The number of nitriles is 1. The average Bonchev–Trinajstić information content (AvgIpc) is 3.03. The first-order valence-electron chi connectivity index (χ1n) is 13.2. The zero-order chi connectivity index (χ0) is 26.5. The first-order chi connectivity index (χ1) is 19.3. The summed E-state index contributed by atoms with van der Waals surface area (Å²) >= 11 is 0. The highest BCUT2D eigenvalue weighted by atomic mass is 28.3. The molecule has 6 rings (SSSR count). The van der Waals surface area contributed by atoms with Crippen molar-refractivity contribution >= 4 is 28.8 Å². The highest BCUT2D eigenvalue weighted by Gasteiger charge is 2.42. The van der Waals surface area contributed by atoms with Crippen molar-refractivity contribution in [2.24, 2.45) is 0 Å². The molecule has 0 aliphatic rings. The second kappa shape index (κ2) is 10.8. The molecular formula is C37H27NSi. The molecule has 0 aliphatic heterocycles. The summed E-state index contributed by atoms with van der Waals surface area (Å²) in [4.78, 5) is 0. The van der Waals surface area contributed by atoms with Gasteiger partial charge in [-0.2, -0.15) is 5.26 Å². The molecule has 0 heterocycles. The van der Waals surface area contributed by atoms with Crippen LogP contribution in [0.3, 0.4) is 0 Å². The highest BCUT2D eigenvalue weighted by molar-refractivity contribution is 7.20. The Kier molecular flexibility index (Phi) is 6.74. The molecule has 0 fully saturated rings. The monoisotopic (exact) mass is 513 g/mol. The molecule has 0 aromatic heterocycles. The topological polar surface area (TPSA) is 23.8 Å². The summed E-state index contributed by atoms with van der Waals surface area (Å²) in [6.07, 6.45) is 0. The normalized spacial score (nSPS) is 11.1. The molecule has 0 unspecified atom stereocenters. The van der Waals surface area contributed by atoms with Crippen LogP contribution in [-0.4, -0.2) is 8.07 Å². The molecule has 0 amide bonds. The van der Waals surface area contributed by atoms with Crippen LogP contribution in [-0.2, 0) is 0 Å². The maximum atomic E-state index is 10.5. The lowest BCUT2D eigenvalue weighted by Gasteiger charge is -2.35. The number of rotatable bonds is 6. The predicted octanol–water partition coefficient (Wildman–Crippen LogP) is 6.27. The minimum absolute atomic E-state index is 0.702. The van der Waals surface area contributed by atoms with E-state index in [1.165, 1.54) is 20.7 Å². The van der Waals surface area contributed by atoms with Gasteiger partial charge in [-0.3, -0.25) is 0 Å². The van der Waals surface area contributed by atoms with Crippen molar-refractivity contribution in [3.05, 3.63) is 169 Å². The molecule has 0 aliphatic carbocycles. The summed E-state index contributed by atoms with van der Waals surface area (Å²) in [7, 11) is -2.77. The van der Waals surface area contributed by atoms with E-state index in [0.717, 1.165) is 22.3 Å². The van der Waals surface area contributed by atoms with Crippen molar-refractivity contribution in [2.45, 2.75) is 0 Å². The Morgan fingerprint density at radius 3 is 1.00 bits per heavy atom. The van der Waals surface area contributed by atoms with Crippen LogP contribution in [0.25, 0.3) is 22.3 Å². The van der Waals surface area contributed by atoms with Crippen molar-refractivity contribution in [3.8, 4) is 28.3 Å². The fourth-order valence-electron chi connectivity index (χ4n) is 5.73. The Balaban J connectivity index is 1.80. The van der Waals surface area contributed by atoms with Crippen LogP contribution in [0.15, 0.2) is 164 Å². The van der Waals surface area contributed by atoms with Crippen LogP contribution in [0.5, 0.6) is 0 Å². The lowest BCUT2D eigenvalue weighted by atomic mass is 9.92. The van der Waals surface area contributed by atoms with Crippen LogP contribution < -0.4 is 20.7 Å². The standard InChI is InChI=1S/C37H27NSi/c38-28-37-35(29-16-6-1-7-17-29)26-34(27-36(37)30-18-8-2-9-19-30)39(31-20-10-3-11-21-31,32-22-12-4-13-23-32)33-24-14-5-15-25-33/h1-27H. The molecule has 0 saturated carbocycles. The van der Waals surface area contributed by atoms with Gasteiger partial charge in [0.25, 0.3) is 0 Å². The van der Waals surface area contributed by atoms with Gasteiger partial charge in [0.1, 0.15) is 6.07 Å². The quantitative estimate of drug-likeness (QED) is 0.190. The second-order valence-electron chi connectivity index (χ2n) is 9.64. The van der Waals surface area contributed by atoms with Gasteiger partial charge in [-0.1, -0.05) is 164 Å². The number of hydrogen-bond donors (Lipinski definition) is 0. The molecule has 0 radical (unpaired) electrons. The Labute approximate surface area is 231 Å². The van der Waals surface area contributed by atoms with Gasteiger partial charge in [0, 0.05) is 0 Å². The minimum atomic E-state index is -2.77. The van der Waals surface area contributed by atoms with Crippen molar-refractivity contribution in [1.29, 1.82) is 5.26 Å². The van der Waals surface area contributed by atoms with Gasteiger partial charge in [-0.15, -0.1) is 0 Å². The van der Waals surface area contributed by atoms with E-state index in [1.807, 2.05) is 36.4 Å². The van der Waals surface area contributed by atoms with Crippen LogP contribution >= 0.6 is 0 Å². The molecule has 0 spiro atoms. The maximum Gasteiger partial charge on any atom is 0.179 e. The third kappa shape index (κ3) is 4.40. The zero-order valence-corrected chi connectivity index (χ0v) is 22.5. The summed E-state index contributed by atoms with van der Waals surface area (Å²) in [5, 5.41) is 15.7. The molecule has 6 aromatic rings. The van der Waals surface area contributed by atoms with Gasteiger partial charge in [-0.05, 0) is 43.0 Å².